The summed E-state index contributed by atoms with van der Waals surface area (Å²) in [5, 5.41) is 20.9. The number of benzene rings is 1. The average molecular weight is 294 g/mol. The van der Waals surface area contributed by atoms with E-state index in [-0.39, 0.29) is 16.7 Å². The van der Waals surface area contributed by atoms with Gasteiger partial charge < -0.3 is 14.7 Å². The van der Waals surface area contributed by atoms with Gasteiger partial charge in [0.05, 0.1) is 17.1 Å². The van der Waals surface area contributed by atoms with Crippen LogP contribution in [-0.2, 0) is 4.74 Å². The molecule has 0 amide bonds. The minimum absolute atomic E-state index is 0.0396. The molecule has 1 aromatic carbocycles. The normalized spacial score (nSPS) is 23.9. The molecule has 1 N–H and O–H groups in total. The summed E-state index contributed by atoms with van der Waals surface area (Å²) in [6.07, 6.45) is 0.300. The van der Waals surface area contributed by atoms with E-state index in [0.717, 1.165) is 13.0 Å². The number of nitro benzene ring substituents is 1. The average Bonchev–Trinajstić information content (AvgIpc) is 2.47. The minimum Gasteiger partial charge on any atom is -0.389 e. The van der Waals surface area contributed by atoms with Crippen molar-refractivity contribution in [2.24, 2.45) is 5.92 Å². The van der Waals surface area contributed by atoms with Crippen molar-refractivity contribution in [3.8, 4) is 0 Å². The third-order valence-electron chi connectivity index (χ3n) is 4.21. The molecule has 0 saturated carbocycles. The first-order valence-corrected chi connectivity index (χ1v) is 7.18. The van der Waals surface area contributed by atoms with Crippen LogP contribution in [0.3, 0.4) is 0 Å². The van der Waals surface area contributed by atoms with Gasteiger partial charge in [0.2, 0.25) is 0 Å². The van der Waals surface area contributed by atoms with E-state index in [0.29, 0.717) is 23.7 Å². The van der Waals surface area contributed by atoms with Crippen molar-refractivity contribution in [2.75, 3.05) is 25.1 Å². The summed E-state index contributed by atoms with van der Waals surface area (Å²) >= 11 is 0. The van der Waals surface area contributed by atoms with E-state index in [9.17, 15) is 15.2 Å². The molecule has 1 aromatic rings. The smallest absolute Gasteiger partial charge is 0.292 e. The predicted molar refractivity (Wildman–Crippen MR) is 80.5 cm³/mol. The second-order valence-corrected chi connectivity index (χ2v) is 5.67. The zero-order valence-electron chi connectivity index (χ0n) is 12.7. The van der Waals surface area contributed by atoms with E-state index >= 15 is 0 Å². The molecule has 116 valence electrons. The van der Waals surface area contributed by atoms with E-state index in [4.69, 9.17) is 4.74 Å². The number of nitrogens with zero attached hydrogens (tertiary/aromatic N) is 2. The van der Waals surface area contributed by atoms with Gasteiger partial charge in [-0.1, -0.05) is 13.0 Å². The van der Waals surface area contributed by atoms with Crippen LogP contribution in [0.1, 0.15) is 31.9 Å². The Morgan fingerprint density at radius 3 is 2.81 bits per heavy atom. The van der Waals surface area contributed by atoms with Crippen molar-refractivity contribution < 1.29 is 14.8 Å². The Morgan fingerprint density at radius 2 is 2.24 bits per heavy atom. The maximum Gasteiger partial charge on any atom is 0.292 e. The molecule has 6 heteroatoms. The van der Waals surface area contributed by atoms with Gasteiger partial charge in [-0.3, -0.25) is 10.1 Å². The summed E-state index contributed by atoms with van der Waals surface area (Å²) in [6.45, 7) is 5.15. The van der Waals surface area contributed by atoms with Crippen LogP contribution in [0.25, 0.3) is 0 Å². The minimum atomic E-state index is -0.717. The van der Waals surface area contributed by atoms with E-state index in [1.54, 1.807) is 26.2 Å². The van der Waals surface area contributed by atoms with Crippen LogP contribution in [0, 0.1) is 16.0 Å². The van der Waals surface area contributed by atoms with Crippen LogP contribution in [0.5, 0.6) is 0 Å². The summed E-state index contributed by atoms with van der Waals surface area (Å²) in [7, 11) is 1.68. The van der Waals surface area contributed by atoms with E-state index in [1.165, 1.54) is 6.07 Å². The van der Waals surface area contributed by atoms with Gasteiger partial charge in [-0.2, -0.15) is 0 Å². The van der Waals surface area contributed by atoms with Crippen molar-refractivity contribution in [1.82, 2.24) is 0 Å². The lowest BCUT2D eigenvalue weighted by molar-refractivity contribution is -0.384. The number of aliphatic hydroxyl groups excluding tert-OH is 1. The van der Waals surface area contributed by atoms with Crippen LogP contribution >= 0.6 is 0 Å². The molecule has 0 aromatic heterocycles. The monoisotopic (exact) mass is 294 g/mol. The number of piperidine rings is 1. The van der Waals surface area contributed by atoms with Gasteiger partial charge in [0.1, 0.15) is 5.69 Å². The molecule has 1 fully saturated rings. The number of hydrogen-bond acceptors (Lipinski definition) is 5. The molecule has 2 rings (SSSR count). The molecule has 0 spiro atoms. The maximum atomic E-state index is 11.3. The molecule has 3 atom stereocenters. The molecule has 1 aliphatic heterocycles. The molecule has 0 aliphatic carbocycles. The van der Waals surface area contributed by atoms with Gasteiger partial charge in [-0.05, 0) is 30.9 Å². The molecule has 2 unspecified atom stereocenters. The molecule has 21 heavy (non-hydrogen) atoms. The van der Waals surface area contributed by atoms with Gasteiger partial charge in [-0.15, -0.1) is 0 Å². The fourth-order valence-electron chi connectivity index (χ4n) is 2.77. The van der Waals surface area contributed by atoms with Crippen LogP contribution in [0.4, 0.5) is 11.4 Å². The Hall–Kier alpha value is -1.66. The van der Waals surface area contributed by atoms with Crippen molar-refractivity contribution in [3.05, 3.63) is 33.9 Å². The number of anilines is 1. The highest BCUT2D eigenvalue weighted by Crippen LogP contribution is 2.34. The molecular formula is C15H22N2O4. The van der Waals surface area contributed by atoms with Crippen molar-refractivity contribution >= 4 is 11.4 Å². The Bertz CT molecular complexity index is 518. The molecule has 0 radical (unpaired) electrons. The standard InChI is InChI=1S/C15H22N2O4/c1-10-6-7-16(9-15(10)21-3)13-5-4-12(11(2)18)8-14(13)17(19)20/h4-5,8,10-11,15,18H,6-7,9H2,1-3H3/t10?,11-,15?/m1/s1. The first-order chi connectivity index (χ1) is 9.93. The zero-order chi connectivity index (χ0) is 15.6. The molecule has 1 heterocycles. The summed E-state index contributed by atoms with van der Waals surface area (Å²) in [5.74, 6) is 0.446. The number of ether oxygens (including phenoxy) is 1. The highest BCUT2D eigenvalue weighted by molar-refractivity contribution is 5.65. The fourth-order valence-corrected chi connectivity index (χ4v) is 2.77. The van der Waals surface area contributed by atoms with Crippen LogP contribution < -0.4 is 4.90 Å². The second-order valence-electron chi connectivity index (χ2n) is 5.67. The van der Waals surface area contributed by atoms with E-state index in [1.807, 2.05) is 4.90 Å². The number of aliphatic hydroxyl groups is 1. The summed E-state index contributed by atoms with van der Waals surface area (Å²) in [4.78, 5) is 12.9. The lowest BCUT2D eigenvalue weighted by Gasteiger charge is -2.37. The number of rotatable bonds is 4. The van der Waals surface area contributed by atoms with E-state index < -0.39 is 6.10 Å². The fraction of sp³-hybridized carbons (Fsp3) is 0.600. The van der Waals surface area contributed by atoms with Gasteiger partial charge in [0.25, 0.3) is 5.69 Å². The largest absolute Gasteiger partial charge is 0.389 e. The molecule has 0 bridgehead atoms. The van der Waals surface area contributed by atoms with Crippen LogP contribution in [0.2, 0.25) is 0 Å². The SMILES string of the molecule is COC1CN(c2ccc([C@@H](C)O)cc2[N+](=O)[O-])CCC1C. The number of nitro groups is 1. The van der Waals surface area contributed by atoms with Gasteiger partial charge in [0.15, 0.2) is 0 Å². The zero-order valence-corrected chi connectivity index (χ0v) is 12.7. The predicted octanol–water partition coefficient (Wildman–Crippen LogP) is 2.51. The Labute approximate surface area is 124 Å². The lowest BCUT2D eigenvalue weighted by Crippen LogP contribution is -2.44. The first-order valence-electron chi connectivity index (χ1n) is 7.18. The van der Waals surface area contributed by atoms with Gasteiger partial charge in [-0.25, -0.2) is 0 Å². The topological polar surface area (TPSA) is 75.8 Å². The maximum absolute atomic E-state index is 11.3. The Balaban J connectivity index is 2.32. The van der Waals surface area contributed by atoms with Gasteiger partial charge in [0, 0.05) is 26.3 Å². The third kappa shape index (κ3) is 3.33. The number of methoxy groups -OCH3 is 1. The summed E-state index contributed by atoms with van der Waals surface area (Å²) in [5.41, 5.74) is 1.19. The Morgan fingerprint density at radius 1 is 1.52 bits per heavy atom. The quantitative estimate of drug-likeness (QED) is 0.682. The van der Waals surface area contributed by atoms with Crippen LogP contribution in [0.15, 0.2) is 18.2 Å². The molecular weight excluding hydrogens is 272 g/mol. The summed E-state index contributed by atoms with van der Waals surface area (Å²) in [6, 6.07) is 4.93. The second kappa shape index (κ2) is 6.41. The molecule has 6 nitrogen and oxygen atoms in total. The first kappa shape index (κ1) is 15.7. The highest BCUT2D eigenvalue weighted by atomic mass is 16.6. The third-order valence-corrected chi connectivity index (χ3v) is 4.21. The van der Waals surface area contributed by atoms with Crippen molar-refractivity contribution in [1.29, 1.82) is 0 Å². The van der Waals surface area contributed by atoms with Gasteiger partial charge >= 0.3 is 0 Å². The van der Waals surface area contributed by atoms with Crippen molar-refractivity contribution in [3.63, 3.8) is 0 Å². The Kier molecular flexibility index (Phi) is 4.80. The molecule has 1 aliphatic rings. The van der Waals surface area contributed by atoms with E-state index in [2.05, 4.69) is 6.92 Å². The summed E-state index contributed by atoms with van der Waals surface area (Å²) < 4.78 is 5.47. The lowest BCUT2D eigenvalue weighted by atomic mass is 9.95. The highest BCUT2D eigenvalue weighted by Gasteiger charge is 2.29. The van der Waals surface area contributed by atoms with Crippen molar-refractivity contribution in [2.45, 2.75) is 32.5 Å². The van der Waals surface area contributed by atoms with Crippen LogP contribution in [-0.4, -0.2) is 36.3 Å². The molecule has 1 saturated heterocycles. The number of hydrogen-bond donors (Lipinski definition) is 1.